The predicted molar refractivity (Wildman–Crippen MR) is 100 cm³/mol. The molecule has 0 bridgehead atoms. The molecule has 3 N–H and O–H groups in total. The lowest BCUT2D eigenvalue weighted by molar-refractivity contribution is -0.144. The summed E-state index contributed by atoms with van der Waals surface area (Å²) in [5.41, 5.74) is 0.674. The highest BCUT2D eigenvalue weighted by molar-refractivity contribution is 8.15. The fraction of sp³-hybridized carbons (Fsp3) is 0.556. The number of hydrogen-bond donors (Lipinski definition) is 3. The predicted octanol–water partition coefficient (Wildman–Crippen LogP) is 0.678. The maximum absolute atomic E-state index is 13.1. The number of benzene rings is 1. The Morgan fingerprint density at radius 2 is 1.96 bits per heavy atom. The number of thioether (sulfide) groups is 1. The van der Waals surface area contributed by atoms with Gasteiger partial charge < -0.3 is 25.2 Å². The van der Waals surface area contributed by atoms with Gasteiger partial charge in [-0.3, -0.25) is 9.79 Å². The summed E-state index contributed by atoms with van der Waals surface area (Å²) < 4.78 is 18.4. The number of morpholine rings is 1. The molecule has 1 aliphatic carbocycles. The van der Waals surface area contributed by atoms with E-state index in [0.29, 0.717) is 37.2 Å². The molecule has 0 radical (unpaired) electrons. The third-order valence-electron chi connectivity index (χ3n) is 5.22. The summed E-state index contributed by atoms with van der Waals surface area (Å²) in [6, 6.07) is 5.33. The third kappa shape index (κ3) is 3.82. The minimum Gasteiger partial charge on any atom is -0.390 e. The molecule has 1 aromatic carbocycles. The van der Waals surface area contributed by atoms with Gasteiger partial charge in [-0.05, 0) is 30.7 Å². The van der Waals surface area contributed by atoms with Gasteiger partial charge in [0, 0.05) is 24.0 Å². The van der Waals surface area contributed by atoms with Crippen molar-refractivity contribution in [1.29, 1.82) is 0 Å². The number of carbonyl (C=O) groups is 1. The smallest absolute Gasteiger partial charge is 0.227 e. The maximum Gasteiger partial charge on any atom is 0.227 e. The number of carbonyl (C=O) groups excluding carboxylic acids is 1. The lowest BCUT2D eigenvalue weighted by Gasteiger charge is -2.40. The number of aliphatic hydroxyl groups is 2. The number of aliphatic hydroxyl groups excluding tert-OH is 2. The van der Waals surface area contributed by atoms with Crippen LogP contribution in [0.4, 0.5) is 10.1 Å². The van der Waals surface area contributed by atoms with Gasteiger partial charge in [0.1, 0.15) is 11.9 Å². The number of halogens is 1. The number of hydrogen-bond acceptors (Lipinski definition) is 7. The fourth-order valence-corrected chi connectivity index (χ4v) is 5.14. The highest BCUT2D eigenvalue weighted by atomic mass is 32.2. The molecule has 7 nitrogen and oxygen atoms in total. The standard InChI is InChI=1S/C18H22FN3O4S/c19-10-1-3-11(4-2-10)20-18-21-14-15(24)13(23)9-12(16(14)27-18)17(25)22-5-7-26-8-6-22/h1-4,12-16,23-24H,5-9H2,(H,20,21). The Balaban J connectivity index is 1.50. The van der Waals surface area contributed by atoms with Gasteiger partial charge in [-0.15, -0.1) is 0 Å². The molecule has 27 heavy (non-hydrogen) atoms. The zero-order valence-electron chi connectivity index (χ0n) is 14.6. The molecule has 0 spiro atoms. The molecule has 2 heterocycles. The molecule has 3 aliphatic rings. The highest BCUT2D eigenvalue weighted by Crippen LogP contribution is 2.42. The molecule has 1 amide bonds. The fourth-order valence-electron chi connectivity index (χ4n) is 3.77. The van der Waals surface area contributed by atoms with Crippen molar-refractivity contribution in [3.8, 4) is 0 Å². The van der Waals surface area contributed by atoms with Crippen molar-refractivity contribution in [2.75, 3.05) is 31.6 Å². The molecule has 2 aliphatic heterocycles. The van der Waals surface area contributed by atoms with Crippen LogP contribution in [-0.4, -0.2) is 76.0 Å². The zero-order chi connectivity index (χ0) is 19.0. The molecule has 146 valence electrons. The first kappa shape index (κ1) is 18.7. The average molecular weight is 395 g/mol. The number of nitrogens with one attached hydrogen (secondary N) is 1. The Labute approximate surface area is 160 Å². The van der Waals surface area contributed by atoms with Gasteiger partial charge in [0.2, 0.25) is 5.91 Å². The number of aliphatic imine (C=N–C) groups is 1. The van der Waals surface area contributed by atoms with Crippen LogP contribution in [-0.2, 0) is 9.53 Å². The Bertz CT molecular complexity index is 726. The van der Waals surface area contributed by atoms with E-state index < -0.39 is 24.2 Å². The van der Waals surface area contributed by atoms with Crippen LogP contribution in [0.1, 0.15) is 6.42 Å². The topological polar surface area (TPSA) is 94.4 Å². The number of rotatable bonds is 2. The number of amidine groups is 1. The first-order valence-electron chi connectivity index (χ1n) is 9.02. The van der Waals surface area contributed by atoms with Crippen molar-refractivity contribution in [3.63, 3.8) is 0 Å². The van der Waals surface area contributed by atoms with Crippen LogP contribution >= 0.6 is 11.8 Å². The van der Waals surface area contributed by atoms with Gasteiger partial charge in [-0.25, -0.2) is 4.39 Å². The van der Waals surface area contributed by atoms with Crippen LogP contribution in [0.2, 0.25) is 0 Å². The summed E-state index contributed by atoms with van der Waals surface area (Å²) in [7, 11) is 0. The molecule has 9 heteroatoms. The van der Waals surface area contributed by atoms with E-state index in [1.807, 2.05) is 0 Å². The number of nitrogens with zero attached hydrogens (tertiary/aromatic N) is 2. The van der Waals surface area contributed by atoms with Crippen molar-refractivity contribution < 1.29 is 24.1 Å². The molecule has 5 atom stereocenters. The summed E-state index contributed by atoms with van der Waals surface area (Å²) in [4.78, 5) is 19.3. The van der Waals surface area contributed by atoms with Crippen molar-refractivity contribution >= 4 is 28.5 Å². The van der Waals surface area contributed by atoms with Gasteiger partial charge in [-0.2, -0.15) is 0 Å². The van der Waals surface area contributed by atoms with Gasteiger partial charge in [-0.1, -0.05) is 11.8 Å². The van der Waals surface area contributed by atoms with Crippen LogP contribution in [0.25, 0.3) is 0 Å². The van der Waals surface area contributed by atoms with Crippen LogP contribution in [0.15, 0.2) is 29.3 Å². The van der Waals surface area contributed by atoms with Crippen LogP contribution < -0.4 is 5.32 Å². The largest absolute Gasteiger partial charge is 0.390 e. The third-order valence-corrected chi connectivity index (χ3v) is 6.53. The van der Waals surface area contributed by atoms with Gasteiger partial charge in [0.25, 0.3) is 0 Å². The van der Waals surface area contributed by atoms with E-state index in [-0.39, 0.29) is 23.4 Å². The summed E-state index contributed by atoms with van der Waals surface area (Å²) in [5, 5.41) is 24.1. The van der Waals surface area contributed by atoms with E-state index in [4.69, 9.17) is 4.74 Å². The quantitative estimate of drug-likeness (QED) is 0.682. The molecule has 4 rings (SSSR count). The minimum absolute atomic E-state index is 0.0232. The van der Waals surface area contributed by atoms with Crippen molar-refractivity contribution in [1.82, 2.24) is 4.90 Å². The van der Waals surface area contributed by atoms with E-state index in [2.05, 4.69) is 10.3 Å². The van der Waals surface area contributed by atoms with E-state index in [0.717, 1.165) is 0 Å². The Morgan fingerprint density at radius 3 is 2.67 bits per heavy atom. The summed E-state index contributed by atoms with van der Waals surface area (Å²) in [6.45, 7) is 2.10. The van der Waals surface area contributed by atoms with Crippen LogP contribution in [0.3, 0.4) is 0 Å². The molecule has 5 unspecified atom stereocenters. The lowest BCUT2D eigenvalue weighted by atomic mass is 9.80. The van der Waals surface area contributed by atoms with Crippen molar-refractivity contribution in [3.05, 3.63) is 30.1 Å². The maximum atomic E-state index is 13.1. The summed E-state index contributed by atoms with van der Waals surface area (Å²) in [5.74, 6) is -0.775. The second-order valence-corrected chi connectivity index (χ2v) is 8.14. The van der Waals surface area contributed by atoms with E-state index >= 15 is 0 Å². The Morgan fingerprint density at radius 1 is 1.26 bits per heavy atom. The summed E-state index contributed by atoms with van der Waals surface area (Å²) in [6.07, 6.45) is -1.79. The average Bonchev–Trinajstić information content (AvgIpc) is 3.10. The normalized spacial score (nSPS) is 33.4. The second-order valence-electron chi connectivity index (χ2n) is 6.98. The molecule has 1 aromatic rings. The van der Waals surface area contributed by atoms with Crippen LogP contribution in [0.5, 0.6) is 0 Å². The van der Waals surface area contributed by atoms with E-state index in [1.54, 1.807) is 17.0 Å². The molecular weight excluding hydrogens is 373 g/mol. The summed E-state index contributed by atoms with van der Waals surface area (Å²) >= 11 is 1.40. The number of ether oxygens (including phenoxy) is 1. The SMILES string of the molecule is O=C(C1CC(O)C(O)C2N=C(Nc3ccc(F)cc3)SC12)N1CCOCC1. The first-order valence-corrected chi connectivity index (χ1v) is 9.90. The van der Waals surface area contributed by atoms with Gasteiger partial charge in [0.05, 0.1) is 31.3 Å². The minimum atomic E-state index is -1.01. The molecule has 1 saturated carbocycles. The van der Waals surface area contributed by atoms with E-state index in [1.165, 1.54) is 23.9 Å². The Kier molecular flexibility index (Phi) is 5.36. The van der Waals surface area contributed by atoms with Crippen molar-refractivity contribution in [2.24, 2.45) is 10.9 Å². The lowest BCUT2D eigenvalue weighted by Crippen LogP contribution is -2.55. The van der Waals surface area contributed by atoms with Gasteiger partial charge in [0.15, 0.2) is 5.17 Å². The van der Waals surface area contributed by atoms with Gasteiger partial charge >= 0.3 is 0 Å². The Hall–Kier alpha value is -1.68. The number of fused-ring (bicyclic) bond motifs is 1. The van der Waals surface area contributed by atoms with Crippen molar-refractivity contribution in [2.45, 2.75) is 29.9 Å². The molecule has 1 saturated heterocycles. The monoisotopic (exact) mass is 395 g/mol. The first-order chi connectivity index (χ1) is 13.0. The molecule has 0 aromatic heterocycles. The second kappa shape index (κ2) is 7.75. The number of amides is 1. The molecule has 2 fully saturated rings. The number of anilines is 1. The molecular formula is C18H22FN3O4S. The van der Waals surface area contributed by atoms with Crippen LogP contribution in [0, 0.1) is 11.7 Å². The van der Waals surface area contributed by atoms with E-state index in [9.17, 15) is 19.4 Å². The zero-order valence-corrected chi connectivity index (χ0v) is 15.4. The highest BCUT2D eigenvalue weighted by Gasteiger charge is 2.51.